The van der Waals surface area contributed by atoms with Crippen LogP contribution in [0, 0.1) is 0 Å². The lowest BCUT2D eigenvalue weighted by molar-refractivity contribution is -0.117. The highest BCUT2D eigenvalue weighted by Gasteiger charge is 2.16. The molecule has 1 aromatic rings. The van der Waals surface area contributed by atoms with Gasteiger partial charge in [0.25, 0.3) is 0 Å². The van der Waals surface area contributed by atoms with E-state index in [0.29, 0.717) is 12.8 Å². The van der Waals surface area contributed by atoms with Gasteiger partial charge in [0.2, 0.25) is 0 Å². The molecule has 0 radical (unpaired) electrons. The maximum Gasteiger partial charge on any atom is 0.339 e. The van der Waals surface area contributed by atoms with Crippen LogP contribution in [-0.2, 0) is 9.53 Å². The summed E-state index contributed by atoms with van der Waals surface area (Å²) in [7, 11) is 0. The lowest BCUT2D eigenvalue weighted by Crippen LogP contribution is -2.12. The largest absolute Gasteiger partial charge is 0.478 e. The quantitative estimate of drug-likeness (QED) is 0.494. The molecule has 0 atom stereocenters. The molecule has 5 heteroatoms. The molecular weight excluding hydrogens is 296 g/mol. The minimum Gasteiger partial charge on any atom is -0.478 e. The van der Waals surface area contributed by atoms with Crippen LogP contribution in [0.1, 0.15) is 78.1 Å². The van der Waals surface area contributed by atoms with Gasteiger partial charge in [-0.2, -0.15) is 0 Å². The minimum atomic E-state index is -1.61. The van der Waals surface area contributed by atoms with Gasteiger partial charge in [-0.1, -0.05) is 37.8 Å². The summed E-state index contributed by atoms with van der Waals surface area (Å²) < 4.78 is 35.5. The van der Waals surface area contributed by atoms with E-state index in [1.54, 1.807) is 6.92 Å². The molecule has 0 aliphatic rings. The predicted molar refractivity (Wildman–Crippen MR) is 86.7 cm³/mol. The third-order valence-electron chi connectivity index (χ3n) is 3.26. The van der Waals surface area contributed by atoms with Gasteiger partial charge in [-0.3, -0.25) is 0 Å². The molecule has 0 saturated carbocycles. The van der Waals surface area contributed by atoms with E-state index in [2.05, 4.69) is 0 Å². The van der Waals surface area contributed by atoms with Crippen molar-refractivity contribution in [1.29, 1.82) is 0 Å². The van der Waals surface area contributed by atoms with Gasteiger partial charge < -0.3 is 14.6 Å². The Kier molecular flexibility index (Phi) is 6.09. The molecule has 1 N–H and O–H groups in total. The highest BCUT2D eigenvalue weighted by molar-refractivity contribution is 6.02. The molecule has 0 spiro atoms. The van der Waals surface area contributed by atoms with E-state index in [9.17, 15) is 19.5 Å². The number of unbranched alkanes of at least 4 members (excludes halogenated alkanes) is 5. The number of ether oxygens (including phenoxy) is 1. The number of carboxylic acids is 1. The summed E-state index contributed by atoms with van der Waals surface area (Å²) in [6.45, 7) is 1.60. The predicted octanol–water partition coefficient (Wildman–Crippen LogP) is 3.86. The van der Waals surface area contributed by atoms with Gasteiger partial charge in [-0.25, -0.2) is 9.59 Å². The first-order chi connectivity index (χ1) is 12.7. The minimum absolute atomic E-state index is 0.0358. The summed E-state index contributed by atoms with van der Waals surface area (Å²) in [5, 5.41) is 9.21. The Labute approximate surface area is 142 Å². The van der Waals surface area contributed by atoms with E-state index in [0.717, 1.165) is 32.1 Å². The number of benzene rings is 1. The summed E-state index contributed by atoms with van der Waals surface area (Å²) >= 11 is 0. The Morgan fingerprint density at radius 2 is 1.57 bits per heavy atom. The Morgan fingerprint density at radius 1 is 1.00 bits per heavy atom. The van der Waals surface area contributed by atoms with Crippen molar-refractivity contribution in [2.75, 3.05) is 6.61 Å². The number of aromatic carboxylic acids is 1. The third kappa shape index (κ3) is 7.58. The van der Waals surface area contributed by atoms with Crippen LogP contribution in [-0.4, -0.2) is 29.4 Å². The molecule has 0 aromatic heterocycles. The van der Waals surface area contributed by atoms with E-state index in [1.165, 1.54) is 0 Å². The Hall–Kier alpha value is -2.17. The fourth-order valence-corrected chi connectivity index (χ4v) is 2.05. The zero-order valence-corrected chi connectivity index (χ0v) is 13.2. The molecule has 5 nitrogen and oxygen atoms in total. The Morgan fingerprint density at radius 3 is 2.17 bits per heavy atom. The van der Waals surface area contributed by atoms with Crippen LogP contribution in [0.2, 0.25) is 0 Å². The normalized spacial score (nSPS) is 12.7. The molecule has 0 aliphatic carbocycles. The molecule has 0 unspecified atom stereocenters. The van der Waals surface area contributed by atoms with Crippen molar-refractivity contribution < 1.29 is 29.7 Å². The first kappa shape index (κ1) is 13.3. The molecular formula is C18H24O5. The molecule has 0 heterocycles. The highest BCUT2D eigenvalue weighted by atomic mass is 16.5. The maximum atomic E-state index is 12.2. The van der Waals surface area contributed by atoms with Gasteiger partial charge in [0.15, 0.2) is 0 Å². The fourth-order valence-electron chi connectivity index (χ4n) is 2.05. The van der Waals surface area contributed by atoms with Crippen LogP contribution < -0.4 is 0 Å². The lowest BCUT2D eigenvalue weighted by atomic mass is 10.1. The smallest absolute Gasteiger partial charge is 0.339 e. The van der Waals surface area contributed by atoms with E-state index in [4.69, 9.17) is 10.2 Å². The highest BCUT2D eigenvalue weighted by Crippen LogP contribution is 2.12. The molecule has 1 aromatic carbocycles. The van der Waals surface area contributed by atoms with Crippen molar-refractivity contribution in [2.24, 2.45) is 0 Å². The third-order valence-corrected chi connectivity index (χ3v) is 3.26. The van der Waals surface area contributed by atoms with Crippen LogP contribution in [0.3, 0.4) is 0 Å². The molecule has 0 amide bonds. The van der Waals surface area contributed by atoms with E-state index >= 15 is 0 Å². The van der Waals surface area contributed by atoms with Crippen LogP contribution in [0.15, 0.2) is 24.2 Å². The second-order valence-corrected chi connectivity index (χ2v) is 5.26. The molecule has 1 rings (SSSR count). The summed E-state index contributed by atoms with van der Waals surface area (Å²) in [5.41, 5.74) is -1.44. The first-order valence-electron chi connectivity index (χ1n) is 9.68. The SMILES string of the molecule is [2H]c1c([2H])c([2H])c(C(=O)OCCCCCCCCC(C)=O)c(C(=O)O)c1[2H]. The number of hydrogen-bond acceptors (Lipinski definition) is 4. The lowest BCUT2D eigenvalue weighted by Gasteiger charge is -2.07. The first-order valence-corrected chi connectivity index (χ1v) is 7.68. The van der Waals surface area contributed by atoms with Gasteiger partial charge in [0.05, 0.1) is 23.2 Å². The zero-order valence-electron chi connectivity index (χ0n) is 17.2. The number of hydrogen-bond donors (Lipinski definition) is 1. The number of ketones is 1. The van der Waals surface area contributed by atoms with Gasteiger partial charge >= 0.3 is 11.9 Å². The number of carboxylic acid groups (broad SMARTS) is 1. The topological polar surface area (TPSA) is 80.7 Å². The van der Waals surface area contributed by atoms with E-state index in [-0.39, 0.29) is 12.4 Å². The zero-order chi connectivity index (χ0) is 20.6. The molecule has 0 fully saturated rings. The number of carbonyl (C=O) groups excluding carboxylic acids is 2. The second-order valence-electron chi connectivity index (χ2n) is 5.26. The van der Waals surface area contributed by atoms with Crippen LogP contribution in [0.25, 0.3) is 0 Å². The van der Waals surface area contributed by atoms with Crippen LogP contribution >= 0.6 is 0 Å². The average Bonchev–Trinajstić information content (AvgIpc) is 2.60. The van der Waals surface area contributed by atoms with Crippen LogP contribution in [0.5, 0.6) is 0 Å². The summed E-state index contributed by atoms with van der Waals surface area (Å²) in [4.78, 5) is 34.3. The van der Waals surface area contributed by atoms with Crippen molar-refractivity contribution in [3.8, 4) is 0 Å². The standard InChI is InChI=1S/C18H24O5/c1-14(19)10-6-4-2-3-5-9-13-23-18(22)16-12-8-7-11-15(16)17(20)21/h7-8,11-12H,2-6,9-10,13H2,1H3,(H,20,21)/i7D,8D,11D,12D. The summed E-state index contributed by atoms with van der Waals surface area (Å²) in [6, 6.07) is -2.88. The van der Waals surface area contributed by atoms with Crippen molar-refractivity contribution in [1.82, 2.24) is 0 Å². The monoisotopic (exact) mass is 324 g/mol. The van der Waals surface area contributed by atoms with E-state index < -0.39 is 47.2 Å². The van der Waals surface area contributed by atoms with Gasteiger partial charge in [0, 0.05) is 6.42 Å². The Bertz CT molecular complexity index is 718. The fraction of sp³-hybridized carbons (Fsp3) is 0.500. The van der Waals surface area contributed by atoms with Crippen LogP contribution in [0.4, 0.5) is 0 Å². The van der Waals surface area contributed by atoms with Crippen molar-refractivity contribution in [3.05, 3.63) is 35.3 Å². The molecule has 0 bridgehead atoms. The van der Waals surface area contributed by atoms with Gasteiger partial charge in [0.1, 0.15) is 5.78 Å². The summed E-state index contributed by atoms with van der Waals surface area (Å²) in [6.07, 6.45) is 5.66. The molecule has 0 aliphatic heterocycles. The number of esters is 1. The van der Waals surface area contributed by atoms with Gasteiger partial charge in [-0.05, 0) is 31.9 Å². The number of Topliss-reactive ketones (excluding diaryl/α,β-unsaturated/α-hetero) is 1. The summed E-state index contributed by atoms with van der Waals surface area (Å²) in [5.74, 6) is -2.50. The van der Waals surface area contributed by atoms with Crippen molar-refractivity contribution in [2.45, 2.75) is 51.9 Å². The number of carbonyl (C=O) groups is 3. The van der Waals surface area contributed by atoms with Crippen molar-refractivity contribution in [3.63, 3.8) is 0 Å². The van der Waals surface area contributed by atoms with Gasteiger partial charge in [-0.15, -0.1) is 0 Å². The van der Waals surface area contributed by atoms with E-state index in [1.807, 2.05) is 0 Å². The second kappa shape index (κ2) is 10.5. The maximum absolute atomic E-state index is 12.2. The Balaban J connectivity index is 2.56. The number of rotatable bonds is 11. The molecule has 0 saturated heterocycles. The molecule has 23 heavy (non-hydrogen) atoms. The van der Waals surface area contributed by atoms with Crippen molar-refractivity contribution >= 4 is 17.7 Å². The molecule has 126 valence electrons. The average molecular weight is 324 g/mol.